The average molecular weight is 373 g/mol. The molecule has 2 fully saturated rings. The number of nitrogens with zero attached hydrogens (tertiary/aromatic N) is 1. The predicted octanol–water partition coefficient (Wildman–Crippen LogP) is 3.68. The first-order valence-electron chi connectivity index (χ1n) is 9.93. The van der Waals surface area contributed by atoms with Gasteiger partial charge in [0.25, 0.3) is 0 Å². The highest BCUT2D eigenvalue weighted by Gasteiger charge is 2.44. The Labute approximate surface area is 162 Å². The summed E-state index contributed by atoms with van der Waals surface area (Å²) in [4.78, 5) is 14.1. The van der Waals surface area contributed by atoms with Crippen molar-refractivity contribution < 1.29 is 19.0 Å². The molecule has 5 nitrogen and oxygen atoms in total. The van der Waals surface area contributed by atoms with Crippen LogP contribution in [0.4, 0.5) is 0 Å². The number of esters is 1. The summed E-state index contributed by atoms with van der Waals surface area (Å²) < 4.78 is 17.2. The van der Waals surface area contributed by atoms with E-state index in [0.717, 1.165) is 25.8 Å². The fourth-order valence-corrected chi connectivity index (χ4v) is 4.03. The number of fused-ring (bicyclic) bond motifs is 1. The fraction of sp³-hybridized carbons (Fsp3) is 0.591. The van der Waals surface area contributed by atoms with E-state index in [2.05, 4.69) is 29.2 Å². The lowest BCUT2D eigenvalue weighted by atomic mass is 9.89. The van der Waals surface area contributed by atoms with E-state index in [1.807, 2.05) is 32.9 Å². The molecule has 0 radical (unpaired) electrons. The summed E-state index contributed by atoms with van der Waals surface area (Å²) in [6.07, 6.45) is 6.54. The second kappa shape index (κ2) is 9.00. The van der Waals surface area contributed by atoms with Crippen molar-refractivity contribution in [3.05, 3.63) is 48.0 Å². The van der Waals surface area contributed by atoms with Gasteiger partial charge < -0.3 is 14.2 Å². The number of carbonyl (C=O) groups is 1. The molecule has 27 heavy (non-hydrogen) atoms. The first-order valence-corrected chi connectivity index (χ1v) is 9.93. The Kier molecular flexibility index (Phi) is 6.68. The van der Waals surface area contributed by atoms with Crippen LogP contribution in [0.2, 0.25) is 0 Å². The molecule has 2 saturated heterocycles. The number of hydrogen-bond acceptors (Lipinski definition) is 5. The van der Waals surface area contributed by atoms with Gasteiger partial charge in [0.15, 0.2) is 5.79 Å². The molecule has 1 aromatic carbocycles. The van der Waals surface area contributed by atoms with Crippen molar-refractivity contribution in [1.29, 1.82) is 0 Å². The molecular weight excluding hydrogens is 342 g/mol. The number of benzene rings is 1. The van der Waals surface area contributed by atoms with Crippen LogP contribution in [0.5, 0.6) is 0 Å². The van der Waals surface area contributed by atoms with E-state index in [-0.39, 0.29) is 18.1 Å². The van der Waals surface area contributed by atoms with Crippen LogP contribution >= 0.6 is 0 Å². The molecule has 2 aliphatic heterocycles. The number of hydrogen-bond donors (Lipinski definition) is 0. The summed E-state index contributed by atoms with van der Waals surface area (Å²) in [5, 5.41) is 0. The van der Waals surface area contributed by atoms with Crippen LogP contribution in [-0.2, 0) is 25.5 Å². The minimum Gasteiger partial charge on any atom is -0.463 e. The molecule has 0 aliphatic carbocycles. The number of carbonyl (C=O) groups excluding carboxylic acids is 1. The van der Waals surface area contributed by atoms with Crippen LogP contribution in [0.1, 0.15) is 45.6 Å². The molecule has 5 heteroatoms. The highest BCUT2D eigenvalue weighted by atomic mass is 16.7. The zero-order valence-electron chi connectivity index (χ0n) is 16.6. The van der Waals surface area contributed by atoms with Crippen LogP contribution in [-0.4, -0.2) is 48.1 Å². The van der Waals surface area contributed by atoms with Gasteiger partial charge in [0.1, 0.15) is 0 Å². The molecule has 0 aromatic heterocycles. The maximum Gasteiger partial charge on any atom is 0.330 e. The third-order valence-electron chi connectivity index (χ3n) is 5.30. The Morgan fingerprint density at radius 3 is 2.81 bits per heavy atom. The fourth-order valence-electron chi connectivity index (χ4n) is 4.03. The van der Waals surface area contributed by atoms with Gasteiger partial charge in [-0.1, -0.05) is 36.4 Å². The zero-order chi connectivity index (χ0) is 19.3. The number of piperidine rings is 1. The summed E-state index contributed by atoms with van der Waals surface area (Å²) in [6, 6.07) is 11.1. The van der Waals surface area contributed by atoms with Gasteiger partial charge in [-0.25, -0.2) is 4.79 Å². The molecule has 0 saturated carbocycles. The first kappa shape index (κ1) is 20.1. The van der Waals surface area contributed by atoms with Gasteiger partial charge in [-0.05, 0) is 45.6 Å². The van der Waals surface area contributed by atoms with Crippen LogP contribution < -0.4 is 0 Å². The second-order valence-corrected chi connectivity index (χ2v) is 7.71. The van der Waals surface area contributed by atoms with E-state index in [9.17, 15) is 4.79 Å². The second-order valence-electron chi connectivity index (χ2n) is 7.71. The van der Waals surface area contributed by atoms with Gasteiger partial charge in [-0.15, -0.1) is 0 Å². The van der Waals surface area contributed by atoms with E-state index in [4.69, 9.17) is 14.2 Å². The molecular formula is C22H31NO4. The molecule has 0 spiro atoms. The zero-order valence-corrected chi connectivity index (χ0v) is 16.6. The molecule has 3 rings (SSSR count). The van der Waals surface area contributed by atoms with Crippen LogP contribution in [0.15, 0.2) is 42.5 Å². The quantitative estimate of drug-likeness (QED) is 0.562. The predicted molar refractivity (Wildman–Crippen MR) is 104 cm³/mol. The largest absolute Gasteiger partial charge is 0.463 e. The summed E-state index contributed by atoms with van der Waals surface area (Å²) in [6.45, 7) is 7.72. The molecule has 0 unspecified atom stereocenters. The summed E-state index contributed by atoms with van der Waals surface area (Å²) in [5.41, 5.74) is 1.28. The third-order valence-corrected chi connectivity index (χ3v) is 5.30. The molecule has 0 bridgehead atoms. The van der Waals surface area contributed by atoms with Gasteiger partial charge in [0.2, 0.25) is 0 Å². The van der Waals surface area contributed by atoms with Crippen LogP contribution in [0, 0.1) is 0 Å². The highest BCUT2D eigenvalue weighted by Crippen LogP contribution is 2.35. The Morgan fingerprint density at radius 1 is 1.30 bits per heavy atom. The number of likely N-dealkylation sites (tertiary alicyclic amines) is 1. The van der Waals surface area contributed by atoms with Crippen molar-refractivity contribution in [1.82, 2.24) is 4.90 Å². The van der Waals surface area contributed by atoms with E-state index < -0.39 is 5.79 Å². The summed E-state index contributed by atoms with van der Waals surface area (Å²) >= 11 is 0. The minimum absolute atomic E-state index is 0.183. The topological polar surface area (TPSA) is 48.0 Å². The maximum absolute atomic E-state index is 11.6. The van der Waals surface area contributed by atoms with Crippen molar-refractivity contribution in [2.45, 2.75) is 70.6 Å². The maximum atomic E-state index is 11.6. The van der Waals surface area contributed by atoms with E-state index in [1.54, 1.807) is 6.08 Å². The Bertz CT molecular complexity index is 643. The monoisotopic (exact) mass is 373 g/mol. The van der Waals surface area contributed by atoms with Crippen molar-refractivity contribution in [3.8, 4) is 0 Å². The van der Waals surface area contributed by atoms with E-state index >= 15 is 0 Å². The number of rotatable bonds is 6. The molecule has 148 valence electrons. The van der Waals surface area contributed by atoms with E-state index in [0.29, 0.717) is 19.3 Å². The van der Waals surface area contributed by atoms with Crippen molar-refractivity contribution in [2.24, 2.45) is 0 Å². The lowest BCUT2D eigenvalue weighted by Crippen LogP contribution is -2.61. The van der Waals surface area contributed by atoms with Crippen molar-refractivity contribution in [2.75, 3.05) is 13.2 Å². The standard InChI is InChI=1S/C22H31NO4/c1-4-25-21(24)12-8-11-18-13-14-20-19(16-26-22(2,3)27-20)23(18)15-17-9-6-5-7-10-17/h5-10,12,18-20H,4,11,13-16H2,1-3H3/b12-8+/t18-,19-,20+/m0/s1. The number of ether oxygens (including phenoxy) is 3. The van der Waals surface area contributed by atoms with Gasteiger partial charge in [0.05, 0.1) is 25.4 Å². The average Bonchev–Trinajstić information content (AvgIpc) is 2.63. The molecule has 3 atom stereocenters. The Morgan fingerprint density at radius 2 is 2.07 bits per heavy atom. The van der Waals surface area contributed by atoms with E-state index in [1.165, 1.54) is 5.56 Å². The SMILES string of the molecule is CCOC(=O)/C=C/C[C@H]1CC[C@H]2OC(C)(C)OC[C@@H]2N1Cc1ccccc1. The van der Waals surface area contributed by atoms with Crippen LogP contribution in [0.3, 0.4) is 0 Å². The lowest BCUT2D eigenvalue weighted by Gasteiger charge is -2.51. The van der Waals surface area contributed by atoms with Gasteiger partial charge in [-0.2, -0.15) is 0 Å². The van der Waals surface area contributed by atoms with Gasteiger partial charge in [0, 0.05) is 18.7 Å². The summed E-state index contributed by atoms with van der Waals surface area (Å²) in [7, 11) is 0. The Balaban J connectivity index is 1.72. The lowest BCUT2D eigenvalue weighted by molar-refractivity contribution is -0.305. The van der Waals surface area contributed by atoms with Gasteiger partial charge in [-0.3, -0.25) is 4.90 Å². The Hall–Kier alpha value is -1.69. The molecule has 1 aromatic rings. The summed E-state index contributed by atoms with van der Waals surface area (Å²) in [5.74, 6) is -0.789. The third kappa shape index (κ3) is 5.41. The normalized spacial score (nSPS) is 28.0. The molecule has 2 heterocycles. The first-order chi connectivity index (χ1) is 13.0. The van der Waals surface area contributed by atoms with Crippen molar-refractivity contribution >= 4 is 5.97 Å². The highest BCUT2D eigenvalue weighted by molar-refractivity contribution is 5.81. The molecule has 2 aliphatic rings. The smallest absolute Gasteiger partial charge is 0.330 e. The minimum atomic E-state index is -0.518. The van der Waals surface area contributed by atoms with Crippen molar-refractivity contribution in [3.63, 3.8) is 0 Å². The molecule has 0 N–H and O–H groups in total. The molecule has 0 amide bonds. The van der Waals surface area contributed by atoms with Crippen LogP contribution in [0.25, 0.3) is 0 Å². The van der Waals surface area contributed by atoms with Gasteiger partial charge >= 0.3 is 5.97 Å².